The van der Waals surface area contributed by atoms with Gasteiger partial charge in [-0.1, -0.05) is 48.9 Å². The monoisotopic (exact) mass is 404 g/mol. The van der Waals surface area contributed by atoms with Crippen molar-refractivity contribution in [3.63, 3.8) is 0 Å². The molecule has 2 atom stereocenters. The topological polar surface area (TPSA) is 49.4 Å². The van der Waals surface area contributed by atoms with Crippen molar-refractivity contribution < 1.29 is 14.0 Å². The molecule has 0 aliphatic carbocycles. The van der Waals surface area contributed by atoms with E-state index in [4.69, 9.17) is 11.6 Å². The van der Waals surface area contributed by atoms with Crippen LogP contribution in [0, 0.1) is 5.82 Å². The molecule has 2 aromatic carbocycles. The van der Waals surface area contributed by atoms with E-state index in [9.17, 15) is 14.0 Å². The first-order chi connectivity index (χ1) is 13.3. The molecule has 0 saturated carbocycles. The van der Waals surface area contributed by atoms with E-state index < -0.39 is 11.9 Å². The molecule has 0 bridgehead atoms. The van der Waals surface area contributed by atoms with Crippen LogP contribution in [0.5, 0.6) is 0 Å². The van der Waals surface area contributed by atoms with E-state index in [-0.39, 0.29) is 30.8 Å². The van der Waals surface area contributed by atoms with Crippen LogP contribution < -0.4 is 5.32 Å². The lowest BCUT2D eigenvalue weighted by molar-refractivity contribution is -0.140. The maximum atomic E-state index is 14.0. The zero-order valence-corrected chi connectivity index (χ0v) is 17.2. The SMILES string of the molecule is CC[C@@H](C)NC(=O)[C@H](C)N(Cc1ccc(Cl)cc1)C(=O)Cc1ccccc1F. The van der Waals surface area contributed by atoms with Gasteiger partial charge in [-0.3, -0.25) is 9.59 Å². The van der Waals surface area contributed by atoms with Crippen molar-refractivity contribution in [3.05, 3.63) is 70.5 Å². The second-order valence-corrected chi connectivity index (χ2v) is 7.35. The predicted molar refractivity (Wildman–Crippen MR) is 109 cm³/mol. The summed E-state index contributed by atoms with van der Waals surface area (Å²) >= 11 is 5.94. The highest BCUT2D eigenvalue weighted by atomic mass is 35.5. The highest BCUT2D eigenvalue weighted by Gasteiger charge is 2.27. The Morgan fingerprint density at radius 1 is 1.11 bits per heavy atom. The summed E-state index contributed by atoms with van der Waals surface area (Å²) < 4.78 is 14.0. The quantitative estimate of drug-likeness (QED) is 0.710. The number of nitrogens with zero attached hydrogens (tertiary/aromatic N) is 1. The summed E-state index contributed by atoms with van der Waals surface area (Å²) in [5.74, 6) is -0.976. The summed E-state index contributed by atoms with van der Waals surface area (Å²) in [5, 5.41) is 3.50. The van der Waals surface area contributed by atoms with Crippen molar-refractivity contribution in [2.24, 2.45) is 0 Å². The van der Waals surface area contributed by atoms with E-state index in [0.29, 0.717) is 10.6 Å². The first kappa shape index (κ1) is 21.9. The Balaban J connectivity index is 2.23. The summed E-state index contributed by atoms with van der Waals surface area (Å²) in [5.41, 5.74) is 1.15. The molecule has 0 unspecified atom stereocenters. The van der Waals surface area contributed by atoms with Crippen LogP contribution in [0.1, 0.15) is 38.3 Å². The van der Waals surface area contributed by atoms with Crippen molar-refractivity contribution >= 4 is 23.4 Å². The van der Waals surface area contributed by atoms with Crippen LogP contribution in [0.15, 0.2) is 48.5 Å². The minimum Gasteiger partial charge on any atom is -0.352 e. The molecule has 0 fully saturated rings. The first-order valence-electron chi connectivity index (χ1n) is 9.39. The van der Waals surface area contributed by atoms with E-state index in [2.05, 4.69) is 5.32 Å². The minimum atomic E-state index is -0.691. The van der Waals surface area contributed by atoms with Gasteiger partial charge in [0.05, 0.1) is 6.42 Å². The average molecular weight is 405 g/mol. The van der Waals surface area contributed by atoms with Gasteiger partial charge in [0.25, 0.3) is 0 Å². The molecule has 6 heteroatoms. The Kier molecular flexibility index (Phi) is 8.00. The normalized spacial score (nSPS) is 12.9. The zero-order valence-electron chi connectivity index (χ0n) is 16.4. The van der Waals surface area contributed by atoms with E-state index in [1.807, 2.05) is 26.0 Å². The standard InChI is InChI=1S/C22H26ClFN2O2/c1-4-15(2)25-22(28)16(3)26(14-17-9-11-19(23)12-10-17)21(27)13-18-7-5-6-8-20(18)24/h5-12,15-16H,4,13-14H2,1-3H3,(H,25,28)/t15-,16+/m1/s1. The van der Waals surface area contributed by atoms with Crippen LogP contribution in [0.25, 0.3) is 0 Å². The summed E-state index contributed by atoms with van der Waals surface area (Å²) in [6.07, 6.45) is 0.681. The molecule has 0 aliphatic heterocycles. The van der Waals surface area contributed by atoms with E-state index >= 15 is 0 Å². The molecule has 2 rings (SSSR count). The van der Waals surface area contributed by atoms with Gasteiger partial charge in [-0.05, 0) is 49.6 Å². The molecular formula is C22H26ClFN2O2. The number of halogens is 2. The lowest BCUT2D eigenvalue weighted by atomic mass is 10.1. The molecule has 1 N–H and O–H groups in total. The van der Waals surface area contributed by atoms with Gasteiger partial charge in [0, 0.05) is 17.6 Å². The Labute approximate surface area is 170 Å². The molecule has 0 aromatic heterocycles. The molecule has 0 heterocycles. The molecule has 2 aromatic rings. The van der Waals surface area contributed by atoms with Gasteiger partial charge in [-0.15, -0.1) is 0 Å². The van der Waals surface area contributed by atoms with Crippen LogP contribution in [0.4, 0.5) is 4.39 Å². The number of hydrogen-bond acceptors (Lipinski definition) is 2. The third kappa shape index (κ3) is 6.06. The van der Waals surface area contributed by atoms with Gasteiger partial charge in [-0.2, -0.15) is 0 Å². The molecule has 28 heavy (non-hydrogen) atoms. The molecule has 0 spiro atoms. The largest absolute Gasteiger partial charge is 0.352 e. The van der Waals surface area contributed by atoms with Gasteiger partial charge in [0.2, 0.25) is 11.8 Å². The molecule has 150 valence electrons. The summed E-state index contributed by atoms with van der Waals surface area (Å²) in [6, 6.07) is 12.6. The van der Waals surface area contributed by atoms with E-state index in [1.54, 1.807) is 37.3 Å². The summed E-state index contributed by atoms with van der Waals surface area (Å²) in [7, 11) is 0. The number of rotatable bonds is 8. The van der Waals surface area contributed by atoms with Crippen molar-refractivity contribution in [1.82, 2.24) is 10.2 Å². The van der Waals surface area contributed by atoms with Crippen molar-refractivity contribution in [2.75, 3.05) is 0 Å². The molecule has 4 nitrogen and oxygen atoms in total. The van der Waals surface area contributed by atoms with Crippen LogP contribution in [-0.2, 0) is 22.6 Å². The smallest absolute Gasteiger partial charge is 0.242 e. The van der Waals surface area contributed by atoms with E-state index in [1.165, 1.54) is 11.0 Å². The van der Waals surface area contributed by atoms with Crippen LogP contribution in [0.2, 0.25) is 5.02 Å². The Bertz CT molecular complexity index is 810. The summed E-state index contributed by atoms with van der Waals surface area (Å²) in [4.78, 5) is 27.1. The Morgan fingerprint density at radius 2 is 1.75 bits per heavy atom. The fourth-order valence-corrected chi connectivity index (χ4v) is 2.87. The van der Waals surface area contributed by atoms with Crippen molar-refractivity contribution in [1.29, 1.82) is 0 Å². The fourth-order valence-electron chi connectivity index (χ4n) is 2.74. The van der Waals surface area contributed by atoms with E-state index in [0.717, 1.165) is 12.0 Å². The number of nitrogens with one attached hydrogen (secondary N) is 1. The number of carbonyl (C=O) groups is 2. The molecule has 0 aliphatic rings. The molecule has 0 radical (unpaired) electrons. The third-order valence-corrected chi connectivity index (χ3v) is 4.99. The van der Waals surface area contributed by atoms with Crippen LogP contribution in [0.3, 0.4) is 0 Å². The fraction of sp³-hybridized carbons (Fsp3) is 0.364. The van der Waals surface area contributed by atoms with Gasteiger partial charge < -0.3 is 10.2 Å². The predicted octanol–water partition coefficient (Wildman–Crippen LogP) is 4.35. The van der Waals surface area contributed by atoms with Crippen molar-refractivity contribution in [2.45, 2.75) is 52.2 Å². The highest BCUT2D eigenvalue weighted by Crippen LogP contribution is 2.16. The minimum absolute atomic E-state index is 0.00833. The van der Waals surface area contributed by atoms with Gasteiger partial charge in [0.1, 0.15) is 11.9 Å². The maximum absolute atomic E-state index is 14.0. The first-order valence-corrected chi connectivity index (χ1v) is 9.77. The number of amides is 2. The lowest BCUT2D eigenvalue weighted by Gasteiger charge is -2.30. The Morgan fingerprint density at radius 3 is 2.36 bits per heavy atom. The number of benzene rings is 2. The maximum Gasteiger partial charge on any atom is 0.242 e. The van der Waals surface area contributed by atoms with Gasteiger partial charge >= 0.3 is 0 Å². The second-order valence-electron chi connectivity index (χ2n) is 6.91. The summed E-state index contributed by atoms with van der Waals surface area (Å²) in [6.45, 7) is 5.81. The number of carbonyl (C=O) groups excluding carboxylic acids is 2. The van der Waals surface area contributed by atoms with Crippen molar-refractivity contribution in [3.8, 4) is 0 Å². The van der Waals surface area contributed by atoms with Gasteiger partial charge in [-0.25, -0.2) is 4.39 Å². The molecule has 0 saturated heterocycles. The van der Waals surface area contributed by atoms with Crippen LogP contribution in [-0.4, -0.2) is 28.8 Å². The number of hydrogen-bond donors (Lipinski definition) is 1. The average Bonchev–Trinajstić information content (AvgIpc) is 2.68. The second kappa shape index (κ2) is 10.2. The van der Waals surface area contributed by atoms with Gasteiger partial charge in [0.15, 0.2) is 0 Å². The lowest BCUT2D eigenvalue weighted by Crippen LogP contribution is -2.49. The zero-order chi connectivity index (χ0) is 20.7. The highest BCUT2D eigenvalue weighted by molar-refractivity contribution is 6.30. The molecule has 2 amide bonds. The third-order valence-electron chi connectivity index (χ3n) is 4.73. The van der Waals surface area contributed by atoms with Crippen LogP contribution >= 0.6 is 11.6 Å². The molecular weight excluding hydrogens is 379 g/mol. The Hall–Kier alpha value is -2.40.